The first kappa shape index (κ1) is 15.4. The molecule has 1 amide bonds. The first-order chi connectivity index (χ1) is 8.38. The second kappa shape index (κ2) is 7.10. The molecule has 0 saturated carbocycles. The molecule has 18 heavy (non-hydrogen) atoms. The second-order valence-electron chi connectivity index (χ2n) is 6.47. The van der Waals surface area contributed by atoms with Gasteiger partial charge >= 0.3 is 0 Å². The Hall–Kier alpha value is -0.610. The molecule has 0 spiro atoms. The van der Waals surface area contributed by atoms with Gasteiger partial charge in [-0.3, -0.25) is 4.79 Å². The summed E-state index contributed by atoms with van der Waals surface area (Å²) in [6, 6.07) is 0. The molecule has 0 radical (unpaired) electrons. The van der Waals surface area contributed by atoms with Crippen LogP contribution in [0.3, 0.4) is 0 Å². The van der Waals surface area contributed by atoms with Gasteiger partial charge in [0.1, 0.15) is 0 Å². The van der Waals surface area contributed by atoms with Crippen LogP contribution in [0.5, 0.6) is 0 Å². The Morgan fingerprint density at radius 2 is 1.89 bits per heavy atom. The van der Waals surface area contributed by atoms with E-state index in [1.54, 1.807) is 0 Å². The molecule has 0 aliphatic carbocycles. The van der Waals surface area contributed by atoms with Gasteiger partial charge in [-0.2, -0.15) is 0 Å². The Bertz CT molecular complexity index is 254. The van der Waals surface area contributed by atoms with Crippen LogP contribution >= 0.6 is 0 Å². The zero-order valence-electron chi connectivity index (χ0n) is 12.5. The molecule has 106 valence electrons. The molecule has 1 saturated heterocycles. The molecular weight excluding hydrogens is 226 g/mol. The van der Waals surface area contributed by atoms with Crippen LogP contribution in [0.25, 0.3) is 0 Å². The summed E-state index contributed by atoms with van der Waals surface area (Å²) in [5.41, 5.74) is 0.299. The van der Waals surface area contributed by atoms with Crippen LogP contribution in [0.2, 0.25) is 0 Å². The van der Waals surface area contributed by atoms with E-state index in [2.05, 4.69) is 31.0 Å². The molecule has 1 aliphatic rings. The highest BCUT2D eigenvalue weighted by molar-refractivity contribution is 5.76. The van der Waals surface area contributed by atoms with Crippen LogP contribution < -0.4 is 5.32 Å². The molecule has 0 aromatic rings. The molecule has 0 atom stereocenters. The van der Waals surface area contributed by atoms with Crippen LogP contribution in [0.1, 0.15) is 33.6 Å². The van der Waals surface area contributed by atoms with E-state index in [9.17, 15) is 4.79 Å². The van der Waals surface area contributed by atoms with Crippen molar-refractivity contribution >= 4 is 5.91 Å². The molecule has 4 nitrogen and oxygen atoms in total. The van der Waals surface area contributed by atoms with E-state index in [-0.39, 0.29) is 5.91 Å². The Balaban J connectivity index is 2.18. The van der Waals surface area contributed by atoms with Crippen molar-refractivity contribution in [2.75, 3.05) is 46.3 Å². The van der Waals surface area contributed by atoms with Crippen molar-refractivity contribution in [2.45, 2.75) is 33.6 Å². The molecule has 1 aliphatic heterocycles. The maximum absolute atomic E-state index is 12.0. The lowest BCUT2D eigenvalue weighted by Gasteiger charge is -2.28. The van der Waals surface area contributed by atoms with E-state index in [4.69, 9.17) is 0 Å². The molecule has 4 heteroatoms. The van der Waals surface area contributed by atoms with E-state index in [0.717, 1.165) is 45.7 Å². The highest BCUT2D eigenvalue weighted by atomic mass is 16.2. The third kappa shape index (κ3) is 6.36. The number of nitrogens with zero attached hydrogens (tertiary/aromatic N) is 2. The second-order valence-corrected chi connectivity index (χ2v) is 6.47. The van der Waals surface area contributed by atoms with Gasteiger partial charge in [0.15, 0.2) is 0 Å². The summed E-state index contributed by atoms with van der Waals surface area (Å²) in [7, 11) is 1.92. The Morgan fingerprint density at radius 3 is 2.44 bits per heavy atom. The zero-order valence-corrected chi connectivity index (χ0v) is 12.5. The first-order valence-corrected chi connectivity index (χ1v) is 7.05. The van der Waals surface area contributed by atoms with Crippen molar-refractivity contribution in [2.24, 2.45) is 5.41 Å². The monoisotopic (exact) mass is 255 g/mol. The Labute approximate surface area is 112 Å². The van der Waals surface area contributed by atoms with Crippen LogP contribution in [0.4, 0.5) is 0 Å². The molecule has 0 aromatic heterocycles. The van der Waals surface area contributed by atoms with Crippen LogP contribution in [0.15, 0.2) is 0 Å². The van der Waals surface area contributed by atoms with E-state index >= 15 is 0 Å². The third-order valence-corrected chi connectivity index (χ3v) is 3.47. The molecular formula is C14H29N3O. The number of carbonyl (C=O) groups excluding carboxylic acids is 1. The highest BCUT2D eigenvalue weighted by Crippen LogP contribution is 2.18. The summed E-state index contributed by atoms with van der Waals surface area (Å²) in [6.07, 6.45) is 1.71. The summed E-state index contributed by atoms with van der Waals surface area (Å²) in [6.45, 7) is 12.6. The topological polar surface area (TPSA) is 35.6 Å². The third-order valence-electron chi connectivity index (χ3n) is 3.47. The van der Waals surface area contributed by atoms with Crippen molar-refractivity contribution in [1.29, 1.82) is 0 Å². The summed E-state index contributed by atoms with van der Waals surface area (Å²) >= 11 is 0. The Kier molecular flexibility index (Phi) is 6.09. The predicted octanol–water partition coefficient (Wildman–Crippen LogP) is 1.18. The van der Waals surface area contributed by atoms with Gasteiger partial charge in [-0.15, -0.1) is 0 Å². The lowest BCUT2D eigenvalue weighted by Crippen LogP contribution is -2.44. The number of hydrogen-bond acceptors (Lipinski definition) is 3. The van der Waals surface area contributed by atoms with Crippen LogP contribution in [0, 0.1) is 5.41 Å². The summed E-state index contributed by atoms with van der Waals surface area (Å²) in [5.74, 6) is 0.276. The maximum atomic E-state index is 12.0. The quantitative estimate of drug-likeness (QED) is 0.801. The van der Waals surface area contributed by atoms with Crippen LogP contribution in [-0.4, -0.2) is 62.0 Å². The largest absolute Gasteiger partial charge is 0.346 e. The van der Waals surface area contributed by atoms with Crippen molar-refractivity contribution in [3.63, 3.8) is 0 Å². The normalized spacial score (nSPS) is 17.8. The van der Waals surface area contributed by atoms with Gasteiger partial charge in [-0.05, 0) is 11.8 Å². The molecule has 0 bridgehead atoms. The van der Waals surface area contributed by atoms with E-state index in [0.29, 0.717) is 11.8 Å². The molecule has 1 fully saturated rings. The number of rotatable bonds is 5. The fourth-order valence-electron chi connectivity index (χ4n) is 2.01. The summed E-state index contributed by atoms with van der Waals surface area (Å²) in [4.78, 5) is 16.2. The number of hydrogen-bond donors (Lipinski definition) is 1. The number of nitrogens with one attached hydrogen (secondary N) is 1. The van der Waals surface area contributed by atoms with Gasteiger partial charge in [0.05, 0.1) is 0 Å². The number of piperazine rings is 1. The van der Waals surface area contributed by atoms with Gasteiger partial charge in [0.2, 0.25) is 5.91 Å². The predicted molar refractivity (Wildman–Crippen MR) is 75.6 cm³/mol. The highest BCUT2D eigenvalue weighted by Gasteiger charge is 2.16. The zero-order chi connectivity index (χ0) is 13.6. The molecule has 1 rings (SSSR count). The van der Waals surface area contributed by atoms with Crippen molar-refractivity contribution in [3.8, 4) is 0 Å². The average molecular weight is 255 g/mol. The van der Waals surface area contributed by atoms with Gasteiger partial charge in [-0.1, -0.05) is 20.8 Å². The first-order valence-electron chi connectivity index (χ1n) is 7.05. The minimum absolute atomic E-state index is 0.276. The van der Waals surface area contributed by atoms with Crippen LogP contribution in [-0.2, 0) is 4.79 Å². The summed E-state index contributed by atoms with van der Waals surface area (Å²) in [5, 5.41) is 3.33. The van der Waals surface area contributed by atoms with Crippen molar-refractivity contribution in [1.82, 2.24) is 15.1 Å². The van der Waals surface area contributed by atoms with Gasteiger partial charge < -0.3 is 15.1 Å². The van der Waals surface area contributed by atoms with Crippen molar-refractivity contribution in [3.05, 3.63) is 0 Å². The minimum atomic E-state index is 0.276. The van der Waals surface area contributed by atoms with Crippen molar-refractivity contribution < 1.29 is 4.79 Å². The smallest absolute Gasteiger partial charge is 0.223 e. The van der Waals surface area contributed by atoms with Gasteiger partial charge in [0, 0.05) is 52.7 Å². The molecule has 1 heterocycles. The molecule has 1 N–H and O–H groups in total. The fourth-order valence-corrected chi connectivity index (χ4v) is 2.01. The minimum Gasteiger partial charge on any atom is -0.346 e. The molecule has 0 aromatic carbocycles. The SMILES string of the molecule is CN(CCC(C)(C)C)C(=O)CCN1CCNCC1. The lowest BCUT2D eigenvalue weighted by atomic mass is 9.92. The Morgan fingerprint density at radius 1 is 1.28 bits per heavy atom. The maximum Gasteiger partial charge on any atom is 0.223 e. The summed E-state index contributed by atoms with van der Waals surface area (Å²) < 4.78 is 0. The molecule has 0 unspecified atom stereocenters. The number of carbonyl (C=O) groups is 1. The van der Waals surface area contributed by atoms with E-state index < -0.39 is 0 Å². The standard InChI is InChI=1S/C14H29N3O/c1-14(2,3)6-10-16(4)13(18)5-9-17-11-7-15-8-12-17/h15H,5-12H2,1-4H3. The lowest BCUT2D eigenvalue weighted by molar-refractivity contribution is -0.130. The van der Waals surface area contributed by atoms with Gasteiger partial charge in [0.25, 0.3) is 0 Å². The van der Waals surface area contributed by atoms with E-state index in [1.807, 2.05) is 11.9 Å². The van der Waals surface area contributed by atoms with Gasteiger partial charge in [-0.25, -0.2) is 0 Å². The van der Waals surface area contributed by atoms with E-state index in [1.165, 1.54) is 0 Å². The number of amides is 1. The fraction of sp³-hybridized carbons (Fsp3) is 0.929. The average Bonchev–Trinajstić information content (AvgIpc) is 2.33.